The van der Waals surface area contributed by atoms with Crippen LogP contribution in [-0.2, 0) is 18.4 Å². The zero-order valence-electron chi connectivity index (χ0n) is 33.4. The normalized spacial score (nSPS) is 10.4. The van der Waals surface area contributed by atoms with Gasteiger partial charge in [0, 0.05) is 14.3 Å². The maximum atomic E-state index is 9.01. The van der Waals surface area contributed by atoms with Crippen molar-refractivity contribution in [3.05, 3.63) is 197 Å². The van der Waals surface area contributed by atoms with Gasteiger partial charge in [0.15, 0.2) is 0 Å². The molecule has 7 aromatic carbocycles. The first-order valence-electron chi connectivity index (χ1n) is 19.0. The SMILES string of the molecule is BrCc1cccc(Br)c1.Brc1cccc(Cn2cncn2)c1.COc1ccc2cc(-c3cccc(Cn4cncn4)c3)ccc2c1.COc1ccc2cc(B(O)O)ccc2c1. The summed E-state index contributed by atoms with van der Waals surface area (Å²) in [4.78, 5) is 7.87. The average Bonchev–Trinajstić information content (AvgIpc) is 4.01. The largest absolute Gasteiger partial charge is 0.497 e. The highest BCUT2D eigenvalue weighted by atomic mass is 79.9. The molecular formula is C47H42BBr3N6O4. The third kappa shape index (κ3) is 13.7. The van der Waals surface area contributed by atoms with Crippen LogP contribution in [0.15, 0.2) is 180 Å². The third-order valence-corrected chi connectivity index (χ3v) is 10.9. The van der Waals surface area contributed by atoms with Crippen molar-refractivity contribution < 1.29 is 19.5 Å². The fourth-order valence-electron chi connectivity index (χ4n) is 6.17. The van der Waals surface area contributed by atoms with E-state index in [4.69, 9.17) is 19.5 Å². The highest BCUT2D eigenvalue weighted by molar-refractivity contribution is 9.10. The molecule has 9 aromatic rings. The summed E-state index contributed by atoms with van der Waals surface area (Å²) in [7, 11) is 1.89. The first kappa shape index (κ1) is 44.9. The predicted molar refractivity (Wildman–Crippen MR) is 255 cm³/mol. The molecule has 0 aliphatic rings. The van der Waals surface area contributed by atoms with Crippen molar-refractivity contribution in [1.82, 2.24) is 29.5 Å². The zero-order chi connectivity index (χ0) is 43.0. The van der Waals surface area contributed by atoms with Crippen LogP contribution >= 0.6 is 47.8 Å². The van der Waals surface area contributed by atoms with Crippen LogP contribution in [0.2, 0.25) is 0 Å². The van der Waals surface area contributed by atoms with Crippen LogP contribution in [0.3, 0.4) is 0 Å². The van der Waals surface area contributed by atoms with Crippen LogP contribution in [0.1, 0.15) is 16.7 Å². The minimum Gasteiger partial charge on any atom is -0.497 e. The van der Waals surface area contributed by atoms with Gasteiger partial charge >= 0.3 is 7.12 Å². The summed E-state index contributed by atoms with van der Waals surface area (Å²) in [5.74, 6) is 1.67. The van der Waals surface area contributed by atoms with Gasteiger partial charge in [0.2, 0.25) is 0 Å². The van der Waals surface area contributed by atoms with Crippen molar-refractivity contribution in [1.29, 1.82) is 0 Å². The Balaban J connectivity index is 0.000000145. The van der Waals surface area contributed by atoms with E-state index >= 15 is 0 Å². The Morgan fingerprint density at radius 3 is 1.51 bits per heavy atom. The third-order valence-electron chi connectivity index (χ3n) is 9.23. The van der Waals surface area contributed by atoms with E-state index in [1.807, 2.05) is 59.3 Å². The van der Waals surface area contributed by atoms with E-state index in [1.165, 1.54) is 44.9 Å². The van der Waals surface area contributed by atoms with E-state index in [0.717, 1.165) is 49.6 Å². The number of nitrogens with zero attached hydrogens (tertiary/aromatic N) is 6. The number of halogens is 3. The number of rotatable bonds is 9. The molecule has 2 heterocycles. The smallest absolute Gasteiger partial charge is 0.488 e. The maximum absolute atomic E-state index is 9.01. The number of methoxy groups -OCH3 is 2. The lowest BCUT2D eigenvalue weighted by molar-refractivity contribution is 0.415. The van der Waals surface area contributed by atoms with Gasteiger partial charge in [-0.1, -0.05) is 133 Å². The molecule has 61 heavy (non-hydrogen) atoms. The van der Waals surface area contributed by atoms with Crippen molar-refractivity contribution in [3.63, 3.8) is 0 Å². The van der Waals surface area contributed by atoms with Crippen LogP contribution in [0.5, 0.6) is 11.5 Å². The van der Waals surface area contributed by atoms with E-state index < -0.39 is 7.12 Å². The van der Waals surface area contributed by atoms with Gasteiger partial charge in [-0.15, -0.1) is 0 Å². The van der Waals surface area contributed by atoms with Crippen LogP contribution < -0.4 is 14.9 Å². The lowest BCUT2D eigenvalue weighted by Crippen LogP contribution is -2.29. The zero-order valence-corrected chi connectivity index (χ0v) is 38.2. The quantitative estimate of drug-likeness (QED) is 0.108. The first-order chi connectivity index (χ1) is 29.7. The highest BCUT2D eigenvalue weighted by Gasteiger charge is 2.11. The molecule has 308 valence electrons. The van der Waals surface area contributed by atoms with Gasteiger partial charge in [-0.05, 0) is 115 Å². The molecule has 0 atom stereocenters. The Morgan fingerprint density at radius 2 is 1.00 bits per heavy atom. The van der Waals surface area contributed by atoms with E-state index in [0.29, 0.717) is 5.46 Å². The van der Waals surface area contributed by atoms with Gasteiger partial charge in [-0.25, -0.2) is 19.3 Å². The monoisotopic (exact) mass is 1000 g/mol. The summed E-state index contributed by atoms with van der Waals surface area (Å²) in [6, 6.07) is 48.5. The molecule has 0 bridgehead atoms. The molecule has 10 nitrogen and oxygen atoms in total. The van der Waals surface area contributed by atoms with Crippen LogP contribution in [0, 0.1) is 0 Å². The Hall–Kier alpha value is -5.64. The summed E-state index contributed by atoms with van der Waals surface area (Å²) >= 11 is 10.2. The summed E-state index contributed by atoms with van der Waals surface area (Å²) in [6.45, 7) is 1.48. The Kier molecular flexibility index (Phi) is 16.8. The Morgan fingerprint density at radius 1 is 0.525 bits per heavy atom. The summed E-state index contributed by atoms with van der Waals surface area (Å²) in [5.41, 5.74) is 6.60. The average molecular weight is 1010 g/mol. The van der Waals surface area contributed by atoms with E-state index in [2.05, 4.69) is 147 Å². The van der Waals surface area contributed by atoms with Crippen LogP contribution in [0.25, 0.3) is 32.7 Å². The standard InChI is InChI=1S/C20H17N3O.C11H11BO3.C9H8BrN3.C7H6Br2/c1-24-20-8-7-18-10-17(5-6-19(18)11-20)16-4-2-3-15(9-16)12-23-14-21-13-22-23;1-15-11-5-3-8-6-10(12(13)14)4-2-9(8)7-11;10-9-3-1-2-8(4-9)5-13-7-11-6-12-13;8-5-6-2-1-3-7(9)4-6/h2-11,13-14H,12H2,1H3;2-7,13-14H,1H3;1-4,6-7H,5H2;1-4H,5H2. The lowest BCUT2D eigenvalue weighted by atomic mass is 9.79. The Labute approximate surface area is 380 Å². The van der Waals surface area contributed by atoms with E-state index in [-0.39, 0.29) is 0 Å². The molecule has 0 amide bonds. The highest BCUT2D eigenvalue weighted by Crippen LogP contribution is 2.28. The second kappa shape index (κ2) is 22.8. The molecule has 0 radical (unpaired) electrons. The van der Waals surface area contributed by atoms with Crippen molar-refractivity contribution in [2.24, 2.45) is 0 Å². The molecule has 2 aromatic heterocycles. The van der Waals surface area contributed by atoms with Gasteiger partial charge in [0.25, 0.3) is 0 Å². The molecular weight excluding hydrogens is 963 g/mol. The van der Waals surface area contributed by atoms with Crippen LogP contribution in [-0.4, -0.2) is 60.9 Å². The minimum absolute atomic E-state index is 0.493. The number of ether oxygens (including phenoxy) is 2. The summed E-state index contributed by atoms with van der Waals surface area (Å²) in [6.07, 6.45) is 6.54. The fourth-order valence-corrected chi connectivity index (χ4v) is 7.41. The van der Waals surface area contributed by atoms with Gasteiger partial charge in [0.05, 0.1) is 27.3 Å². The molecule has 0 aliphatic carbocycles. The van der Waals surface area contributed by atoms with Gasteiger partial charge in [0.1, 0.15) is 36.8 Å². The summed E-state index contributed by atoms with van der Waals surface area (Å²) in [5, 5.41) is 31.5. The molecule has 0 aliphatic heterocycles. The second-order valence-electron chi connectivity index (χ2n) is 13.6. The van der Waals surface area contributed by atoms with Crippen molar-refractivity contribution in [2.45, 2.75) is 18.4 Å². The Bertz CT molecular complexity index is 2760. The summed E-state index contributed by atoms with van der Waals surface area (Å²) < 4.78 is 16.2. The minimum atomic E-state index is -1.42. The predicted octanol–water partition coefficient (Wildman–Crippen LogP) is 10.1. The molecule has 0 saturated carbocycles. The maximum Gasteiger partial charge on any atom is 0.488 e. The van der Waals surface area contributed by atoms with Gasteiger partial charge < -0.3 is 19.5 Å². The number of hydrogen-bond donors (Lipinski definition) is 2. The van der Waals surface area contributed by atoms with E-state index in [9.17, 15) is 0 Å². The molecule has 2 N–H and O–H groups in total. The van der Waals surface area contributed by atoms with Gasteiger partial charge in [-0.3, -0.25) is 0 Å². The van der Waals surface area contributed by atoms with E-state index in [1.54, 1.807) is 50.0 Å². The van der Waals surface area contributed by atoms with Gasteiger partial charge in [-0.2, -0.15) is 10.2 Å². The molecule has 0 spiro atoms. The number of hydrogen-bond acceptors (Lipinski definition) is 8. The molecule has 0 unspecified atom stereocenters. The fraction of sp³-hybridized carbons (Fsp3) is 0.106. The second-order valence-corrected chi connectivity index (χ2v) is 15.9. The van der Waals surface area contributed by atoms with Crippen molar-refractivity contribution >= 4 is 81.9 Å². The number of alkyl halides is 1. The van der Waals surface area contributed by atoms with Crippen molar-refractivity contribution in [3.8, 4) is 22.6 Å². The molecule has 0 saturated heterocycles. The number of fused-ring (bicyclic) bond motifs is 2. The molecule has 0 fully saturated rings. The lowest BCUT2D eigenvalue weighted by Gasteiger charge is -2.08. The van der Waals surface area contributed by atoms with Crippen molar-refractivity contribution in [2.75, 3.05) is 14.2 Å². The molecule has 14 heteroatoms. The topological polar surface area (TPSA) is 120 Å². The molecule has 9 rings (SSSR count). The number of benzene rings is 7. The first-order valence-corrected chi connectivity index (χ1v) is 21.7. The number of aromatic nitrogens is 6. The van der Waals surface area contributed by atoms with Crippen LogP contribution in [0.4, 0.5) is 0 Å².